The van der Waals surface area contributed by atoms with Crippen LogP contribution in [0.1, 0.15) is 17.8 Å². The summed E-state index contributed by atoms with van der Waals surface area (Å²) in [5.41, 5.74) is 2.56. The minimum Gasteiger partial charge on any atom is -0.481 e. The molecule has 0 aliphatic rings. The predicted molar refractivity (Wildman–Crippen MR) is 59.2 cm³/mol. The zero-order chi connectivity index (χ0) is 11.7. The van der Waals surface area contributed by atoms with Gasteiger partial charge in [0.25, 0.3) is 0 Å². The summed E-state index contributed by atoms with van der Waals surface area (Å²) in [5, 5.41) is 8.60. The Morgan fingerprint density at radius 1 is 1.56 bits per heavy atom. The summed E-state index contributed by atoms with van der Waals surface area (Å²) in [6.07, 6.45) is 2.33. The van der Waals surface area contributed by atoms with Crippen LogP contribution in [0, 0.1) is 6.92 Å². The van der Waals surface area contributed by atoms with Gasteiger partial charge in [0.05, 0.1) is 0 Å². The average molecular weight is 219 g/mol. The Balaban J connectivity index is 2.33. The van der Waals surface area contributed by atoms with Gasteiger partial charge in [0.1, 0.15) is 11.3 Å². The highest BCUT2D eigenvalue weighted by atomic mass is 16.4. The SMILES string of the molecule is Cc1nc2cc(CCC(=O)O)cnc2n1C. The van der Waals surface area contributed by atoms with Crippen molar-refractivity contribution in [3.8, 4) is 0 Å². The number of carboxylic acids is 1. The molecule has 0 spiro atoms. The summed E-state index contributed by atoms with van der Waals surface area (Å²) in [4.78, 5) is 19.1. The highest BCUT2D eigenvalue weighted by Crippen LogP contribution is 2.14. The van der Waals surface area contributed by atoms with E-state index in [2.05, 4.69) is 9.97 Å². The molecule has 0 aliphatic carbocycles. The van der Waals surface area contributed by atoms with Crippen molar-refractivity contribution in [3.63, 3.8) is 0 Å². The van der Waals surface area contributed by atoms with E-state index in [0.717, 1.165) is 22.6 Å². The molecule has 0 aromatic carbocycles. The average Bonchev–Trinajstić information content (AvgIpc) is 2.52. The summed E-state index contributed by atoms with van der Waals surface area (Å²) in [6, 6.07) is 1.90. The van der Waals surface area contributed by atoms with Gasteiger partial charge in [-0.25, -0.2) is 9.97 Å². The third-order valence-electron chi connectivity index (χ3n) is 2.62. The van der Waals surface area contributed by atoms with E-state index in [1.807, 2.05) is 24.6 Å². The standard InChI is InChI=1S/C11H13N3O2/c1-7-13-9-5-8(3-4-10(15)16)6-12-11(9)14(7)2/h5-6H,3-4H2,1-2H3,(H,15,16). The maximum absolute atomic E-state index is 10.5. The molecule has 0 atom stereocenters. The number of imidazole rings is 1. The van der Waals surface area contributed by atoms with Crippen LogP contribution in [0.15, 0.2) is 12.3 Å². The number of fused-ring (bicyclic) bond motifs is 1. The molecule has 1 N–H and O–H groups in total. The zero-order valence-electron chi connectivity index (χ0n) is 9.27. The lowest BCUT2D eigenvalue weighted by atomic mass is 10.1. The first kappa shape index (κ1) is 10.6. The fourth-order valence-electron chi connectivity index (χ4n) is 1.62. The second-order valence-corrected chi connectivity index (χ2v) is 3.80. The lowest BCUT2D eigenvalue weighted by molar-refractivity contribution is -0.136. The first-order valence-corrected chi connectivity index (χ1v) is 5.07. The predicted octanol–water partition coefficient (Wildman–Crippen LogP) is 1.29. The van der Waals surface area contributed by atoms with Gasteiger partial charge in [0.2, 0.25) is 0 Å². The van der Waals surface area contributed by atoms with Crippen LogP contribution in [0.4, 0.5) is 0 Å². The van der Waals surface area contributed by atoms with E-state index < -0.39 is 5.97 Å². The lowest BCUT2D eigenvalue weighted by Crippen LogP contribution is -1.98. The third kappa shape index (κ3) is 1.88. The van der Waals surface area contributed by atoms with Crippen molar-refractivity contribution in [2.24, 2.45) is 7.05 Å². The van der Waals surface area contributed by atoms with Crippen LogP contribution in [0.25, 0.3) is 11.2 Å². The summed E-state index contributed by atoms with van der Waals surface area (Å²) in [7, 11) is 1.91. The lowest BCUT2D eigenvalue weighted by Gasteiger charge is -1.99. The molecule has 2 aromatic rings. The Hall–Kier alpha value is -1.91. The largest absolute Gasteiger partial charge is 0.481 e. The Bertz CT molecular complexity index is 545. The normalized spacial score (nSPS) is 10.9. The van der Waals surface area contributed by atoms with Crippen LogP contribution in [0.2, 0.25) is 0 Å². The van der Waals surface area contributed by atoms with Gasteiger partial charge in [0.15, 0.2) is 5.65 Å². The molecule has 16 heavy (non-hydrogen) atoms. The van der Waals surface area contributed by atoms with Gasteiger partial charge in [-0.2, -0.15) is 0 Å². The summed E-state index contributed by atoms with van der Waals surface area (Å²) in [5.74, 6) is 0.107. The van der Waals surface area contributed by atoms with Crippen molar-refractivity contribution < 1.29 is 9.90 Å². The maximum atomic E-state index is 10.5. The van der Waals surface area contributed by atoms with Crippen molar-refractivity contribution in [3.05, 3.63) is 23.7 Å². The van der Waals surface area contributed by atoms with Crippen molar-refractivity contribution in [1.82, 2.24) is 14.5 Å². The second-order valence-electron chi connectivity index (χ2n) is 3.80. The van der Waals surface area contributed by atoms with Gasteiger partial charge in [-0.3, -0.25) is 4.79 Å². The fraction of sp³-hybridized carbons (Fsp3) is 0.364. The maximum Gasteiger partial charge on any atom is 0.303 e. The molecule has 2 rings (SSSR count). The highest BCUT2D eigenvalue weighted by molar-refractivity contribution is 5.72. The molecule has 0 saturated carbocycles. The number of rotatable bonds is 3. The number of nitrogens with zero attached hydrogens (tertiary/aromatic N) is 3. The van der Waals surface area contributed by atoms with Crippen LogP contribution in [-0.2, 0) is 18.3 Å². The third-order valence-corrected chi connectivity index (χ3v) is 2.62. The van der Waals surface area contributed by atoms with Crippen molar-refractivity contribution >= 4 is 17.1 Å². The first-order chi connectivity index (χ1) is 7.58. The monoisotopic (exact) mass is 219 g/mol. The molecule has 0 fully saturated rings. The topological polar surface area (TPSA) is 68.0 Å². The summed E-state index contributed by atoms with van der Waals surface area (Å²) < 4.78 is 1.91. The van der Waals surface area contributed by atoms with Crippen LogP contribution >= 0.6 is 0 Å². The number of hydrogen-bond donors (Lipinski definition) is 1. The molecule has 5 heteroatoms. The van der Waals surface area contributed by atoms with E-state index in [0.29, 0.717) is 6.42 Å². The molecule has 0 aliphatic heterocycles. The van der Waals surface area contributed by atoms with E-state index in [9.17, 15) is 4.79 Å². The highest BCUT2D eigenvalue weighted by Gasteiger charge is 2.07. The Labute approximate surface area is 92.8 Å². The van der Waals surface area contributed by atoms with Crippen LogP contribution in [0.5, 0.6) is 0 Å². The Morgan fingerprint density at radius 2 is 2.31 bits per heavy atom. The van der Waals surface area contributed by atoms with Gasteiger partial charge in [0, 0.05) is 19.7 Å². The molecular weight excluding hydrogens is 206 g/mol. The number of carboxylic acid groups (broad SMARTS) is 1. The summed E-state index contributed by atoms with van der Waals surface area (Å²) >= 11 is 0. The number of aliphatic carboxylic acids is 1. The smallest absolute Gasteiger partial charge is 0.303 e. The van der Waals surface area contributed by atoms with Gasteiger partial charge in [-0.15, -0.1) is 0 Å². The van der Waals surface area contributed by atoms with Gasteiger partial charge in [-0.1, -0.05) is 0 Å². The molecule has 0 saturated heterocycles. The number of aryl methyl sites for hydroxylation is 3. The number of aromatic nitrogens is 3. The molecule has 5 nitrogen and oxygen atoms in total. The molecule has 2 aromatic heterocycles. The number of carbonyl (C=O) groups is 1. The molecule has 2 heterocycles. The van der Waals surface area contributed by atoms with E-state index in [1.54, 1.807) is 6.20 Å². The van der Waals surface area contributed by atoms with Crippen LogP contribution < -0.4 is 0 Å². The Morgan fingerprint density at radius 3 is 3.00 bits per heavy atom. The molecule has 0 bridgehead atoms. The van der Waals surface area contributed by atoms with E-state index in [4.69, 9.17) is 5.11 Å². The van der Waals surface area contributed by atoms with Gasteiger partial charge < -0.3 is 9.67 Å². The zero-order valence-corrected chi connectivity index (χ0v) is 9.27. The van der Waals surface area contributed by atoms with E-state index in [-0.39, 0.29) is 6.42 Å². The minimum absolute atomic E-state index is 0.124. The van der Waals surface area contributed by atoms with Gasteiger partial charge >= 0.3 is 5.97 Å². The summed E-state index contributed by atoms with van der Waals surface area (Å²) in [6.45, 7) is 1.92. The second kappa shape index (κ2) is 3.92. The van der Waals surface area contributed by atoms with Crippen molar-refractivity contribution in [2.75, 3.05) is 0 Å². The molecule has 0 amide bonds. The van der Waals surface area contributed by atoms with Crippen LogP contribution in [-0.4, -0.2) is 25.6 Å². The minimum atomic E-state index is -0.794. The molecule has 84 valence electrons. The Kier molecular flexibility index (Phi) is 2.60. The molecular formula is C11H13N3O2. The van der Waals surface area contributed by atoms with Crippen molar-refractivity contribution in [2.45, 2.75) is 19.8 Å². The molecule has 0 radical (unpaired) electrons. The first-order valence-electron chi connectivity index (χ1n) is 5.07. The van der Waals surface area contributed by atoms with Gasteiger partial charge in [-0.05, 0) is 25.0 Å². The van der Waals surface area contributed by atoms with E-state index >= 15 is 0 Å². The molecule has 0 unspecified atom stereocenters. The quantitative estimate of drug-likeness (QED) is 0.844. The van der Waals surface area contributed by atoms with E-state index in [1.165, 1.54) is 0 Å². The fourth-order valence-corrected chi connectivity index (χ4v) is 1.62. The van der Waals surface area contributed by atoms with Crippen molar-refractivity contribution in [1.29, 1.82) is 0 Å². The number of hydrogen-bond acceptors (Lipinski definition) is 3. The number of pyridine rings is 1. The van der Waals surface area contributed by atoms with Crippen LogP contribution in [0.3, 0.4) is 0 Å².